The first-order chi connectivity index (χ1) is 9.00. The topological polar surface area (TPSA) is 29.5 Å². The van der Waals surface area contributed by atoms with Gasteiger partial charge in [0.05, 0.1) is 6.10 Å². The maximum Gasteiger partial charge on any atom is 0.133 e. The number of rotatable bonds is 3. The number of hydrogen-bond acceptors (Lipinski definition) is 2. The van der Waals surface area contributed by atoms with Crippen LogP contribution in [0.15, 0.2) is 36.4 Å². The second-order valence-electron chi connectivity index (χ2n) is 4.97. The molecule has 19 heavy (non-hydrogen) atoms. The van der Waals surface area contributed by atoms with Gasteiger partial charge in [-0.05, 0) is 50.5 Å². The van der Waals surface area contributed by atoms with Gasteiger partial charge in [-0.15, -0.1) is 0 Å². The first kappa shape index (κ1) is 13.6. The molecule has 2 heteroatoms. The van der Waals surface area contributed by atoms with Crippen molar-refractivity contribution in [2.45, 2.75) is 33.8 Å². The molecule has 0 spiro atoms. The molecule has 2 rings (SSSR count). The number of para-hydroxylation sites is 1. The van der Waals surface area contributed by atoms with Crippen molar-refractivity contribution in [2.75, 3.05) is 0 Å². The number of aryl methyl sites for hydroxylation is 2. The zero-order valence-electron chi connectivity index (χ0n) is 11.9. The van der Waals surface area contributed by atoms with E-state index in [1.165, 1.54) is 5.56 Å². The number of aliphatic hydroxyl groups excluding tert-OH is 1. The highest BCUT2D eigenvalue weighted by atomic mass is 16.5. The van der Waals surface area contributed by atoms with Crippen molar-refractivity contribution < 1.29 is 9.84 Å². The van der Waals surface area contributed by atoms with Gasteiger partial charge in [0.25, 0.3) is 0 Å². The van der Waals surface area contributed by atoms with Crippen LogP contribution in [0.4, 0.5) is 0 Å². The molecule has 2 aromatic carbocycles. The lowest BCUT2D eigenvalue weighted by Crippen LogP contribution is -1.98. The van der Waals surface area contributed by atoms with E-state index in [1.807, 2.05) is 31.2 Å². The van der Waals surface area contributed by atoms with Crippen molar-refractivity contribution in [3.63, 3.8) is 0 Å². The van der Waals surface area contributed by atoms with E-state index >= 15 is 0 Å². The van der Waals surface area contributed by atoms with Crippen LogP contribution in [0.2, 0.25) is 0 Å². The minimum absolute atomic E-state index is 0.540. The van der Waals surface area contributed by atoms with E-state index in [0.29, 0.717) is 5.75 Å². The van der Waals surface area contributed by atoms with Crippen LogP contribution in [0, 0.1) is 20.8 Å². The number of ether oxygens (including phenoxy) is 1. The average Bonchev–Trinajstić information content (AvgIpc) is 2.39. The summed E-state index contributed by atoms with van der Waals surface area (Å²) in [7, 11) is 0. The molecule has 1 N–H and O–H groups in total. The molecular weight excluding hydrogens is 236 g/mol. The maximum atomic E-state index is 9.80. The molecule has 0 aromatic heterocycles. The van der Waals surface area contributed by atoms with E-state index in [4.69, 9.17) is 4.74 Å². The van der Waals surface area contributed by atoms with Crippen LogP contribution >= 0.6 is 0 Å². The highest BCUT2D eigenvalue weighted by Crippen LogP contribution is 2.34. The lowest BCUT2D eigenvalue weighted by atomic mass is 10.0. The second-order valence-corrected chi connectivity index (χ2v) is 4.97. The Bertz CT molecular complexity index is 586. The zero-order chi connectivity index (χ0) is 14.0. The molecule has 0 heterocycles. The zero-order valence-corrected chi connectivity index (χ0v) is 11.9. The summed E-state index contributed by atoms with van der Waals surface area (Å²) in [6, 6.07) is 11.8. The summed E-state index contributed by atoms with van der Waals surface area (Å²) < 4.78 is 6.05. The van der Waals surface area contributed by atoms with Gasteiger partial charge in [-0.2, -0.15) is 0 Å². The second kappa shape index (κ2) is 5.45. The highest BCUT2D eigenvalue weighted by molar-refractivity contribution is 5.48. The van der Waals surface area contributed by atoms with Crippen LogP contribution in [0.25, 0.3) is 0 Å². The predicted octanol–water partition coefficient (Wildman–Crippen LogP) is 4.46. The molecule has 0 saturated carbocycles. The third kappa shape index (κ3) is 2.79. The standard InChI is InChI=1S/C17H20O2/c1-11-9-10-12(2)17(13(11)3)19-16-8-6-5-7-15(16)14(4)18/h5-10,14,18H,1-4H3/t14-/m1/s1. The van der Waals surface area contributed by atoms with Crippen LogP contribution < -0.4 is 4.74 Å². The van der Waals surface area contributed by atoms with Crippen molar-refractivity contribution in [1.82, 2.24) is 0 Å². The summed E-state index contributed by atoms with van der Waals surface area (Å²) in [5, 5.41) is 9.80. The van der Waals surface area contributed by atoms with Gasteiger partial charge in [-0.1, -0.05) is 30.3 Å². The minimum atomic E-state index is -0.540. The molecule has 1 atom stereocenters. The molecule has 0 saturated heterocycles. The Labute approximate surface area is 114 Å². The summed E-state index contributed by atoms with van der Waals surface area (Å²) in [5.41, 5.74) is 4.25. The molecule has 0 unspecified atom stereocenters. The number of hydrogen-bond donors (Lipinski definition) is 1. The third-order valence-electron chi connectivity index (χ3n) is 3.45. The van der Waals surface area contributed by atoms with E-state index < -0.39 is 6.10 Å². The molecule has 100 valence electrons. The van der Waals surface area contributed by atoms with Crippen molar-refractivity contribution in [1.29, 1.82) is 0 Å². The summed E-state index contributed by atoms with van der Waals surface area (Å²) >= 11 is 0. The lowest BCUT2D eigenvalue weighted by Gasteiger charge is -2.17. The Morgan fingerprint density at radius 3 is 2.26 bits per heavy atom. The molecule has 0 aliphatic heterocycles. The Hall–Kier alpha value is -1.80. The van der Waals surface area contributed by atoms with E-state index in [9.17, 15) is 5.11 Å². The Kier molecular flexibility index (Phi) is 3.91. The van der Waals surface area contributed by atoms with E-state index in [1.54, 1.807) is 6.92 Å². The first-order valence-corrected chi connectivity index (χ1v) is 6.52. The normalized spacial score (nSPS) is 12.3. The van der Waals surface area contributed by atoms with Crippen LogP contribution in [0.3, 0.4) is 0 Å². The molecule has 0 bridgehead atoms. The van der Waals surface area contributed by atoms with Crippen molar-refractivity contribution in [3.8, 4) is 11.5 Å². The Morgan fingerprint density at radius 2 is 1.58 bits per heavy atom. The number of benzene rings is 2. The highest BCUT2D eigenvalue weighted by Gasteiger charge is 2.12. The summed E-state index contributed by atoms with van der Waals surface area (Å²) in [6.07, 6.45) is -0.540. The first-order valence-electron chi connectivity index (χ1n) is 6.52. The molecule has 0 radical (unpaired) electrons. The van der Waals surface area contributed by atoms with Crippen molar-refractivity contribution in [2.24, 2.45) is 0 Å². The molecule has 0 amide bonds. The minimum Gasteiger partial charge on any atom is -0.456 e. The van der Waals surface area contributed by atoms with Crippen LogP contribution in [-0.4, -0.2) is 5.11 Å². The molecule has 2 nitrogen and oxygen atoms in total. The monoisotopic (exact) mass is 256 g/mol. The van der Waals surface area contributed by atoms with Crippen LogP contribution in [-0.2, 0) is 0 Å². The van der Waals surface area contributed by atoms with E-state index in [0.717, 1.165) is 22.4 Å². The molecule has 0 aliphatic rings. The molecular formula is C17H20O2. The quantitative estimate of drug-likeness (QED) is 0.878. The van der Waals surface area contributed by atoms with Gasteiger partial charge < -0.3 is 9.84 Å². The summed E-state index contributed by atoms with van der Waals surface area (Å²) in [6.45, 7) is 7.91. The summed E-state index contributed by atoms with van der Waals surface area (Å²) in [4.78, 5) is 0. The van der Waals surface area contributed by atoms with Gasteiger partial charge >= 0.3 is 0 Å². The lowest BCUT2D eigenvalue weighted by molar-refractivity contribution is 0.195. The van der Waals surface area contributed by atoms with Gasteiger partial charge in [0.1, 0.15) is 11.5 Å². The molecule has 0 fully saturated rings. The van der Waals surface area contributed by atoms with Crippen LogP contribution in [0.5, 0.6) is 11.5 Å². The predicted molar refractivity (Wildman–Crippen MR) is 77.8 cm³/mol. The largest absolute Gasteiger partial charge is 0.456 e. The Balaban J connectivity index is 2.45. The van der Waals surface area contributed by atoms with E-state index in [-0.39, 0.29) is 0 Å². The van der Waals surface area contributed by atoms with Crippen molar-refractivity contribution >= 4 is 0 Å². The van der Waals surface area contributed by atoms with Gasteiger partial charge in [-0.3, -0.25) is 0 Å². The van der Waals surface area contributed by atoms with Gasteiger partial charge in [-0.25, -0.2) is 0 Å². The SMILES string of the molecule is Cc1ccc(C)c(Oc2ccccc2[C@@H](C)O)c1C. The smallest absolute Gasteiger partial charge is 0.133 e. The van der Waals surface area contributed by atoms with Crippen molar-refractivity contribution in [3.05, 3.63) is 58.7 Å². The number of aliphatic hydroxyl groups is 1. The molecule has 0 aliphatic carbocycles. The fourth-order valence-electron chi connectivity index (χ4n) is 2.11. The van der Waals surface area contributed by atoms with Gasteiger partial charge in [0.15, 0.2) is 0 Å². The fraction of sp³-hybridized carbons (Fsp3) is 0.294. The van der Waals surface area contributed by atoms with Gasteiger partial charge in [0, 0.05) is 5.56 Å². The van der Waals surface area contributed by atoms with E-state index in [2.05, 4.69) is 26.0 Å². The Morgan fingerprint density at radius 1 is 0.947 bits per heavy atom. The summed E-state index contributed by atoms with van der Waals surface area (Å²) in [5.74, 6) is 1.60. The fourth-order valence-corrected chi connectivity index (χ4v) is 2.11. The maximum absolute atomic E-state index is 9.80. The van der Waals surface area contributed by atoms with Crippen LogP contribution in [0.1, 0.15) is 35.3 Å². The average molecular weight is 256 g/mol. The van der Waals surface area contributed by atoms with Gasteiger partial charge in [0.2, 0.25) is 0 Å². The molecule has 2 aromatic rings. The third-order valence-corrected chi connectivity index (χ3v) is 3.45.